The van der Waals surface area contributed by atoms with E-state index in [1.807, 2.05) is 0 Å². The third-order valence-corrected chi connectivity index (χ3v) is 6.33. The zero-order valence-corrected chi connectivity index (χ0v) is 19.8. The Labute approximate surface area is 210 Å². The lowest BCUT2D eigenvalue weighted by atomic mass is 9.98. The molecule has 1 aliphatic heterocycles. The highest BCUT2D eigenvalue weighted by atomic mass is 35.5. The molecule has 10 heteroatoms. The van der Waals surface area contributed by atoms with Crippen LogP contribution in [0.3, 0.4) is 0 Å². The van der Waals surface area contributed by atoms with Gasteiger partial charge < -0.3 is 18.8 Å². The molecule has 1 fully saturated rings. The molecule has 1 unspecified atom stereocenters. The van der Waals surface area contributed by atoms with E-state index in [1.54, 1.807) is 72.9 Å². The molecule has 0 amide bonds. The molecule has 0 N–H and O–H groups in total. The molecule has 0 saturated carbocycles. The molecular formula is C26H21ClFN3O5. The lowest BCUT2D eigenvalue weighted by molar-refractivity contribution is -0.0609. The summed E-state index contributed by atoms with van der Waals surface area (Å²) in [5, 5.41) is 0.716. The van der Waals surface area contributed by atoms with Gasteiger partial charge in [-0.15, -0.1) is 0 Å². The van der Waals surface area contributed by atoms with E-state index in [9.17, 15) is 9.59 Å². The van der Waals surface area contributed by atoms with Gasteiger partial charge in [0, 0.05) is 6.20 Å². The zero-order valence-electron chi connectivity index (χ0n) is 19.1. The molecule has 5 rings (SSSR count). The summed E-state index contributed by atoms with van der Waals surface area (Å²) in [7, 11) is 0. The van der Waals surface area contributed by atoms with Gasteiger partial charge in [-0.2, -0.15) is 0 Å². The number of nitrogens with zero attached hydrogens (tertiary/aromatic N) is 3. The van der Waals surface area contributed by atoms with Gasteiger partial charge in [0.2, 0.25) is 0 Å². The van der Waals surface area contributed by atoms with Crippen molar-refractivity contribution in [3.63, 3.8) is 0 Å². The maximum Gasteiger partial charge on any atom is 0.338 e. The Morgan fingerprint density at radius 2 is 1.67 bits per heavy atom. The van der Waals surface area contributed by atoms with Crippen LogP contribution in [0.1, 0.15) is 33.9 Å². The van der Waals surface area contributed by atoms with Crippen molar-refractivity contribution in [2.24, 2.45) is 0 Å². The van der Waals surface area contributed by atoms with E-state index in [0.29, 0.717) is 16.6 Å². The fraction of sp³-hybridized carbons (Fsp3) is 0.231. The van der Waals surface area contributed by atoms with Crippen LogP contribution in [0.15, 0.2) is 79.3 Å². The number of hydrogen-bond donors (Lipinski definition) is 0. The Hall–Kier alpha value is -3.82. The van der Waals surface area contributed by atoms with Crippen LogP contribution in [-0.4, -0.2) is 51.0 Å². The average Bonchev–Trinajstić information content (AvgIpc) is 3.42. The van der Waals surface area contributed by atoms with E-state index in [-0.39, 0.29) is 17.3 Å². The smallest absolute Gasteiger partial charge is 0.338 e. The van der Waals surface area contributed by atoms with Gasteiger partial charge >= 0.3 is 11.9 Å². The second-order valence-electron chi connectivity index (χ2n) is 8.46. The molecule has 1 aliphatic rings. The number of esters is 2. The topological polar surface area (TPSA) is 92.5 Å². The molecule has 0 aliphatic carbocycles. The third-order valence-electron chi connectivity index (χ3n) is 6.03. The van der Waals surface area contributed by atoms with Crippen molar-refractivity contribution in [3.05, 3.63) is 95.5 Å². The second-order valence-corrected chi connectivity index (χ2v) is 8.82. The highest BCUT2D eigenvalue weighted by Gasteiger charge is 2.58. The molecule has 2 aromatic heterocycles. The van der Waals surface area contributed by atoms with Crippen LogP contribution in [0.5, 0.6) is 0 Å². The minimum Gasteiger partial charge on any atom is -0.459 e. The summed E-state index contributed by atoms with van der Waals surface area (Å²) < 4.78 is 35.0. The van der Waals surface area contributed by atoms with E-state index in [1.165, 1.54) is 17.8 Å². The fourth-order valence-electron chi connectivity index (χ4n) is 4.23. The van der Waals surface area contributed by atoms with E-state index in [4.69, 9.17) is 25.8 Å². The number of hydrogen-bond acceptors (Lipinski definition) is 7. The quantitative estimate of drug-likeness (QED) is 0.272. The largest absolute Gasteiger partial charge is 0.459 e. The Morgan fingerprint density at radius 3 is 2.33 bits per heavy atom. The molecule has 1 saturated heterocycles. The first-order valence-electron chi connectivity index (χ1n) is 11.2. The van der Waals surface area contributed by atoms with Gasteiger partial charge in [-0.1, -0.05) is 48.0 Å². The first-order chi connectivity index (χ1) is 17.4. The van der Waals surface area contributed by atoms with Crippen molar-refractivity contribution < 1.29 is 28.2 Å². The van der Waals surface area contributed by atoms with Crippen LogP contribution in [0.2, 0.25) is 5.15 Å². The number of fused-ring (bicyclic) bond motifs is 1. The monoisotopic (exact) mass is 509 g/mol. The van der Waals surface area contributed by atoms with Crippen molar-refractivity contribution in [2.75, 3.05) is 6.61 Å². The molecule has 3 heterocycles. The highest BCUT2D eigenvalue weighted by Crippen LogP contribution is 2.44. The van der Waals surface area contributed by atoms with Crippen LogP contribution in [0.4, 0.5) is 4.39 Å². The molecule has 36 heavy (non-hydrogen) atoms. The summed E-state index contributed by atoms with van der Waals surface area (Å²) in [6.07, 6.45) is -0.913. The average molecular weight is 510 g/mol. The van der Waals surface area contributed by atoms with Gasteiger partial charge in [-0.05, 0) is 37.3 Å². The van der Waals surface area contributed by atoms with Gasteiger partial charge in [0.05, 0.1) is 16.5 Å². The maximum absolute atomic E-state index is 16.5. The van der Waals surface area contributed by atoms with Crippen molar-refractivity contribution in [1.29, 1.82) is 0 Å². The molecule has 0 bridgehead atoms. The summed E-state index contributed by atoms with van der Waals surface area (Å²) in [5.41, 5.74) is -1.30. The molecule has 4 aromatic rings. The summed E-state index contributed by atoms with van der Waals surface area (Å²) in [6, 6.07) is 18.2. The summed E-state index contributed by atoms with van der Waals surface area (Å²) in [4.78, 5) is 33.5. The SMILES string of the molecule is C[C@]1(F)C(n2ccc3c(Cl)ncnc32)O[C@H](COC(=O)c2ccccc2)[C@H]1OC(=O)c1ccccc1. The maximum atomic E-state index is 16.5. The Balaban J connectivity index is 1.45. The van der Waals surface area contributed by atoms with Gasteiger partial charge in [0.15, 0.2) is 18.0 Å². The van der Waals surface area contributed by atoms with Crippen LogP contribution >= 0.6 is 11.6 Å². The molecule has 0 radical (unpaired) electrons. The van der Waals surface area contributed by atoms with Gasteiger partial charge in [0.1, 0.15) is 29.8 Å². The fourth-order valence-corrected chi connectivity index (χ4v) is 4.42. The number of carbonyl (C=O) groups excluding carboxylic acids is 2. The molecule has 184 valence electrons. The first-order valence-corrected chi connectivity index (χ1v) is 11.5. The highest BCUT2D eigenvalue weighted by molar-refractivity contribution is 6.33. The lowest BCUT2D eigenvalue weighted by Crippen LogP contribution is -2.44. The summed E-state index contributed by atoms with van der Waals surface area (Å²) >= 11 is 6.16. The standard InChI is InChI=1S/C26H21ClFN3O5/c1-26(28)20(36-24(33)17-10-6-3-7-11-17)19(14-34-23(32)16-8-4-2-5-9-16)35-25(26)31-13-12-18-21(27)29-15-30-22(18)31/h2-13,15,19-20,25H,14H2,1H3/t19-,20-,25?,26-/m1/s1. The first kappa shape index (κ1) is 23.9. The molecular weight excluding hydrogens is 489 g/mol. The van der Waals surface area contributed by atoms with E-state index >= 15 is 4.39 Å². The molecule has 0 spiro atoms. The predicted molar refractivity (Wildman–Crippen MR) is 128 cm³/mol. The third kappa shape index (κ3) is 4.43. The number of aromatic nitrogens is 3. The molecule has 8 nitrogen and oxygen atoms in total. The Morgan fingerprint density at radius 1 is 1.03 bits per heavy atom. The van der Waals surface area contributed by atoms with Gasteiger partial charge in [-0.3, -0.25) is 0 Å². The minimum absolute atomic E-state index is 0.206. The molecule has 4 atom stereocenters. The second kappa shape index (κ2) is 9.67. The van der Waals surface area contributed by atoms with E-state index in [2.05, 4.69) is 9.97 Å². The van der Waals surface area contributed by atoms with Crippen LogP contribution in [0.25, 0.3) is 11.0 Å². The summed E-state index contributed by atoms with van der Waals surface area (Å²) in [6.45, 7) is 0.930. The van der Waals surface area contributed by atoms with Crippen LogP contribution in [-0.2, 0) is 14.2 Å². The number of alkyl halides is 1. The van der Waals surface area contributed by atoms with Gasteiger partial charge in [0.25, 0.3) is 0 Å². The predicted octanol–water partition coefficient (Wildman–Crippen LogP) is 4.79. The van der Waals surface area contributed by atoms with Crippen molar-refractivity contribution >= 4 is 34.6 Å². The van der Waals surface area contributed by atoms with Gasteiger partial charge in [-0.25, -0.2) is 23.9 Å². The number of rotatable bonds is 6. The van der Waals surface area contributed by atoms with Crippen molar-refractivity contribution in [2.45, 2.75) is 31.0 Å². The number of halogens is 2. The van der Waals surface area contributed by atoms with Crippen molar-refractivity contribution in [1.82, 2.24) is 14.5 Å². The van der Waals surface area contributed by atoms with E-state index in [0.717, 1.165) is 0 Å². The zero-order chi connectivity index (χ0) is 25.3. The van der Waals surface area contributed by atoms with Crippen LogP contribution in [0, 0.1) is 0 Å². The minimum atomic E-state index is -2.22. The number of carbonyl (C=O) groups is 2. The lowest BCUT2D eigenvalue weighted by Gasteiger charge is -2.28. The number of benzene rings is 2. The Bertz CT molecular complexity index is 1400. The summed E-state index contributed by atoms with van der Waals surface area (Å²) in [5.74, 6) is -1.34. The normalized spacial score (nSPS) is 23.5. The Kier molecular flexibility index (Phi) is 6.42. The number of ether oxygens (including phenoxy) is 3. The molecule has 2 aromatic carbocycles. The van der Waals surface area contributed by atoms with Crippen molar-refractivity contribution in [3.8, 4) is 0 Å². The van der Waals surface area contributed by atoms with E-state index < -0.39 is 36.0 Å². The van der Waals surface area contributed by atoms with Crippen LogP contribution < -0.4 is 0 Å².